The first kappa shape index (κ1) is 23.2. The Labute approximate surface area is 206 Å². The summed E-state index contributed by atoms with van der Waals surface area (Å²) in [5.74, 6) is 0.506. The number of para-hydroxylation sites is 1. The first-order chi connectivity index (χ1) is 17.0. The minimum absolute atomic E-state index is 0.0926. The molecule has 35 heavy (non-hydrogen) atoms. The summed E-state index contributed by atoms with van der Waals surface area (Å²) < 4.78 is 7.85. The smallest absolute Gasteiger partial charge is 0.271 e. The van der Waals surface area contributed by atoms with E-state index in [4.69, 9.17) is 4.74 Å². The normalized spacial score (nSPS) is 20.1. The van der Waals surface area contributed by atoms with Gasteiger partial charge in [0.05, 0.1) is 19.7 Å². The van der Waals surface area contributed by atoms with Gasteiger partial charge in [0.15, 0.2) is 0 Å². The summed E-state index contributed by atoms with van der Waals surface area (Å²) in [5.41, 5.74) is 2.42. The zero-order valence-corrected chi connectivity index (χ0v) is 20.5. The predicted octanol–water partition coefficient (Wildman–Crippen LogP) is 5.03. The summed E-state index contributed by atoms with van der Waals surface area (Å²) in [5, 5.41) is 3.27. The van der Waals surface area contributed by atoms with E-state index < -0.39 is 5.54 Å². The number of fused-ring (bicyclic) bond motifs is 1. The summed E-state index contributed by atoms with van der Waals surface area (Å²) in [6.45, 7) is 5.07. The number of nitrogens with zero attached hydrogens (tertiary/aromatic N) is 2. The Kier molecular flexibility index (Phi) is 6.37. The zero-order valence-electron chi connectivity index (χ0n) is 20.5. The fourth-order valence-corrected chi connectivity index (χ4v) is 5.39. The molecule has 1 aromatic heterocycles. The highest BCUT2D eigenvalue weighted by Crippen LogP contribution is 2.35. The second kappa shape index (κ2) is 9.61. The highest BCUT2D eigenvalue weighted by molar-refractivity contribution is 6.00. The summed E-state index contributed by atoms with van der Waals surface area (Å²) in [7, 11) is 0. The highest BCUT2D eigenvalue weighted by atomic mass is 16.5. The number of hydrogen-bond donors (Lipinski definition) is 1. The van der Waals surface area contributed by atoms with Crippen molar-refractivity contribution in [2.75, 3.05) is 6.61 Å². The molecule has 3 aromatic rings. The molecule has 182 valence electrons. The lowest BCUT2D eigenvalue weighted by atomic mass is 9.93. The number of nitrogens with one attached hydrogen (secondary N) is 1. The Morgan fingerprint density at radius 1 is 1.00 bits per heavy atom. The topological polar surface area (TPSA) is 63.6 Å². The fourth-order valence-electron chi connectivity index (χ4n) is 5.39. The van der Waals surface area contributed by atoms with Crippen molar-refractivity contribution >= 4 is 11.8 Å². The zero-order chi connectivity index (χ0) is 24.4. The van der Waals surface area contributed by atoms with Crippen LogP contribution in [-0.2, 0) is 17.9 Å². The van der Waals surface area contributed by atoms with Crippen molar-refractivity contribution in [2.45, 2.75) is 64.2 Å². The van der Waals surface area contributed by atoms with Gasteiger partial charge in [-0.1, -0.05) is 61.4 Å². The Morgan fingerprint density at radius 2 is 1.69 bits per heavy atom. The number of carbonyl (C=O) groups excluding carboxylic acids is 2. The molecular formula is C29H33N3O3. The van der Waals surface area contributed by atoms with Crippen LogP contribution in [-0.4, -0.2) is 39.5 Å². The standard InChI is InChI=1S/C29H33N3O3/c1-3-35-26-16-10-7-13-22(26)19-32-27(33)25-18-17-24(21-11-5-4-6-12-21)31(25)20-29(32,2)28(34)30-23-14-8-9-15-23/h4-7,10-13,16-18,23H,3,8-9,14-15,19-20H2,1-2H3,(H,30,34). The number of carbonyl (C=O) groups is 2. The monoisotopic (exact) mass is 471 g/mol. The van der Waals surface area contributed by atoms with Gasteiger partial charge in [0, 0.05) is 17.3 Å². The van der Waals surface area contributed by atoms with Crippen molar-refractivity contribution in [3.63, 3.8) is 0 Å². The third-order valence-electron chi connectivity index (χ3n) is 7.36. The first-order valence-corrected chi connectivity index (χ1v) is 12.6. The van der Waals surface area contributed by atoms with E-state index in [2.05, 4.69) is 5.32 Å². The first-order valence-electron chi connectivity index (χ1n) is 12.6. The second-order valence-electron chi connectivity index (χ2n) is 9.72. The van der Waals surface area contributed by atoms with Gasteiger partial charge in [-0.2, -0.15) is 0 Å². The molecule has 6 nitrogen and oxygen atoms in total. The molecular weight excluding hydrogens is 438 g/mol. The molecule has 1 unspecified atom stereocenters. The van der Waals surface area contributed by atoms with E-state index in [1.807, 2.05) is 85.1 Å². The maximum Gasteiger partial charge on any atom is 0.271 e. The highest BCUT2D eigenvalue weighted by Gasteiger charge is 2.48. The average Bonchev–Trinajstić information content (AvgIpc) is 3.53. The minimum Gasteiger partial charge on any atom is -0.494 e. The van der Waals surface area contributed by atoms with E-state index in [0.29, 0.717) is 25.4 Å². The van der Waals surface area contributed by atoms with Crippen molar-refractivity contribution in [3.8, 4) is 17.0 Å². The molecule has 1 atom stereocenters. The number of rotatable bonds is 7. The van der Waals surface area contributed by atoms with Gasteiger partial charge >= 0.3 is 0 Å². The van der Waals surface area contributed by atoms with Gasteiger partial charge in [0.2, 0.25) is 5.91 Å². The van der Waals surface area contributed by atoms with Gasteiger partial charge in [0.1, 0.15) is 17.0 Å². The summed E-state index contributed by atoms with van der Waals surface area (Å²) in [4.78, 5) is 29.6. The van der Waals surface area contributed by atoms with Crippen LogP contribution in [0.5, 0.6) is 5.75 Å². The predicted molar refractivity (Wildman–Crippen MR) is 136 cm³/mol. The van der Waals surface area contributed by atoms with E-state index in [-0.39, 0.29) is 17.9 Å². The van der Waals surface area contributed by atoms with E-state index in [9.17, 15) is 9.59 Å². The van der Waals surface area contributed by atoms with Crippen molar-refractivity contribution < 1.29 is 14.3 Å². The van der Waals surface area contributed by atoms with Gasteiger partial charge in [-0.3, -0.25) is 9.59 Å². The maximum absolute atomic E-state index is 14.0. The Hall–Kier alpha value is -3.54. The lowest BCUT2D eigenvalue weighted by molar-refractivity contribution is -0.133. The molecule has 2 heterocycles. The largest absolute Gasteiger partial charge is 0.494 e. The number of aromatic nitrogens is 1. The van der Waals surface area contributed by atoms with Crippen LogP contribution >= 0.6 is 0 Å². The molecule has 1 saturated carbocycles. The Morgan fingerprint density at radius 3 is 2.43 bits per heavy atom. The van der Waals surface area contributed by atoms with Crippen molar-refractivity contribution in [1.82, 2.24) is 14.8 Å². The molecule has 0 saturated heterocycles. The van der Waals surface area contributed by atoms with Crippen molar-refractivity contribution in [1.29, 1.82) is 0 Å². The van der Waals surface area contributed by atoms with E-state index in [1.54, 1.807) is 4.90 Å². The SMILES string of the molecule is CCOc1ccccc1CN1C(=O)c2ccc(-c3ccccc3)n2CC1(C)C(=O)NC1CCCC1. The quantitative estimate of drug-likeness (QED) is 0.526. The molecule has 0 spiro atoms. The van der Waals surface area contributed by atoms with Crippen LogP contribution in [0, 0.1) is 0 Å². The van der Waals surface area contributed by atoms with Crippen LogP contribution in [0.4, 0.5) is 0 Å². The van der Waals surface area contributed by atoms with Crippen molar-refractivity contribution in [3.05, 3.63) is 78.0 Å². The van der Waals surface area contributed by atoms with E-state index >= 15 is 0 Å². The van der Waals surface area contributed by atoms with Crippen LogP contribution in [0.1, 0.15) is 55.6 Å². The minimum atomic E-state index is -1.05. The Balaban J connectivity index is 1.56. The molecule has 2 amide bonds. The van der Waals surface area contributed by atoms with Gasteiger partial charge in [-0.15, -0.1) is 0 Å². The summed E-state index contributed by atoms with van der Waals surface area (Å²) in [6.07, 6.45) is 4.25. The summed E-state index contributed by atoms with van der Waals surface area (Å²) in [6, 6.07) is 21.8. The molecule has 0 radical (unpaired) electrons. The second-order valence-corrected chi connectivity index (χ2v) is 9.72. The summed E-state index contributed by atoms with van der Waals surface area (Å²) >= 11 is 0. The van der Waals surface area contributed by atoms with Crippen LogP contribution < -0.4 is 10.1 Å². The van der Waals surface area contributed by atoms with Crippen LogP contribution in [0.2, 0.25) is 0 Å². The molecule has 2 aromatic carbocycles. The lowest BCUT2D eigenvalue weighted by Crippen LogP contribution is -2.64. The fraction of sp³-hybridized carbons (Fsp3) is 0.379. The molecule has 0 bridgehead atoms. The Bertz CT molecular complexity index is 1210. The maximum atomic E-state index is 14.0. The molecule has 6 heteroatoms. The van der Waals surface area contributed by atoms with Crippen LogP contribution in [0.3, 0.4) is 0 Å². The molecule has 1 N–H and O–H groups in total. The lowest BCUT2D eigenvalue weighted by Gasteiger charge is -2.45. The number of amides is 2. The molecule has 1 aliphatic heterocycles. The molecule has 1 aliphatic carbocycles. The molecule has 2 aliphatic rings. The average molecular weight is 472 g/mol. The van der Waals surface area contributed by atoms with Gasteiger partial charge < -0.3 is 19.5 Å². The molecule has 5 rings (SSSR count). The third kappa shape index (κ3) is 4.33. The van der Waals surface area contributed by atoms with E-state index in [0.717, 1.165) is 48.3 Å². The number of ether oxygens (including phenoxy) is 1. The number of hydrogen-bond acceptors (Lipinski definition) is 3. The van der Waals surface area contributed by atoms with Crippen molar-refractivity contribution in [2.24, 2.45) is 0 Å². The van der Waals surface area contributed by atoms with Crippen LogP contribution in [0.25, 0.3) is 11.3 Å². The van der Waals surface area contributed by atoms with Gasteiger partial charge in [-0.05, 0) is 50.5 Å². The third-order valence-corrected chi connectivity index (χ3v) is 7.36. The molecule has 1 fully saturated rings. The number of benzene rings is 2. The van der Waals surface area contributed by atoms with Gasteiger partial charge in [-0.25, -0.2) is 0 Å². The van der Waals surface area contributed by atoms with Crippen LogP contribution in [0.15, 0.2) is 66.7 Å². The van der Waals surface area contributed by atoms with Gasteiger partial charge in [0.25, 0.3) is 5.91 Å². The van der Waals surface area contributed by atoms with E-state index in [1.165, 1.54) is 0 Å².